The number of halogens is 2. The van der Waals surface area contributed by atoms with Crippen LogP contribution in [-0.2, 0) is 0 Å². The number of hydrogen-bond acceptors (Lipinski definition) is 3. The molecule has 0 bridgehead atoms. The van der Waals surface area contributed by atoms with Gasteiger partial charge in [-0.15, -0.1) is 0 Å². The van der Waals surface area contributed by atoms with E-state index in [1.807, 2.05) is 27.7 Å². The second-order valence-corrected chi connectivity index (χ2v) is 9.08. The minimum Gasteiger partial charge on any atom is -0.478 e. The van der Waals surface area contributed by atoms with E-state index in [1.54, 1.807) is 36.4 Å². The van der Waals surface area contributed by atoms with Crippen molar-refractivity contribution in [2.24, 2.45) is 5.41 Å². The monoisotopic (exact) mass is 511 g/mol. The number of benzene rings is 2. The van der Waals surface area contributed by atoms with Gasteiger partial charge in [0.15, 0.2) is 6.29 Å². The lowest BCUT2D eigenvalue weighted by molar-refractivity contribution is 0.0696. The van der Waals surface area contributed by atoms with Gasteiger partial charge in [-0.25, -0.2) is 4.79 Å². The molecule has 0 heterocycles. The first-order valence-corrected chi connectivity index (χ1v) is 10.1. The molecule has 0 aliphatic carbocycles. The molecule has 0 spiro atoms. The summed E-state index contributed by atoms with van der Waals surface area (Å²) in [5.41, 5.74) is 2.28. The maximum Gasteiger partial charge on any atom is 0.335 e. The Morgan fingerprint density at radius 1 is 1.04 bits per heavy atom. The Balaban J connectivity index is 0.000000307. The Labute approximate surface area is 181 Å². The first-order valence-electron chi connectivity index (χ1n) is 8.47. The topological polar surface area (TPSA) is 83.5 Å². The molecule has 0 aliphatic rings. The summed E-state index contributed by atoms with van der Waals surface area (Å²) in [5, 5.41) is 11.4. The first kappa shape index (κ1) is 24.0. The molecule has 0 saturated heterocycles. The van der Waals surface area contributed by atoms with E-state index < -0.39 is 5.97 Å². The van der Waals surface area contributed by atoms with Crippen LogP contribution in [0.25, 0.3) is 0 Å². The van der Waals surface area contributed by atoms with Crippen LogP contribution in [0.4, 0.5) is 0 Å². The lowest BCUT2D eigenvalue weighted by Gasteiger charge is -2.18. The second-order valence-electron chi connectivity index (χ2n) is 7.37. The van der Waals surface area contributed by atoms with Gasteiger partial charge in [0.25, 0.3) is 5.91 Å². The number of aromatic carboxylic acids is 1. The number of amides is 1. The molecule has 0 saturated carbocycles. The van der Waals surface area contributed by atoms with Crippen molar-refractivity contribution >= 4 is 50.0 Å². The number of hydrogen-bond donors (Lipinski definition) is 2. The van der Waals surface area contributed by atoms with E-state index in [4.69, 9.17) is 5.11 Å². The standard InChI is InChI=1S/C13H16BrNO2.C8H7BrO2/c1-13(2,3)8-15-12(17)9-4-5-11(14)10(6-9)7-16;1-5-4-6(8(10)11)2-3-7(5)9/h4-7H,8H2,1-3H3,(H,15,17);2-4H,1H3,(H,10,11). The number of carbonyl (C=O) groups is 3. The third-order valence-electron chi connectivity index (χ3n) is 3.57. The van der Waals surface area contributed by atoms with Gasteiger partial charge in [0.1, 0.15) is 0 Å². The minimum atomic E-state index is -0.888. The zero-order valence-electron chi connectivity index (χ0n) is 16.2. The zero-order chi connectivity index (χ0) is 21.5. The van der Waals surface area contributed by atoms with E-state index in [2.05, 4.69) is 37.2 Å². The molecule has 5 nitrogen and oxygen atoms in total. The minimum absolute atomic E-state index is 0.0402. The van der Waals surface area contributed by atoms with Crippen molar-refractivity contribution in [1.82, 2.24) is 5.32 Å². The molecule has 7 heteroatoms. The van der Waals surface area contributed by atoms with Crippen molar-refractivity contribution in [1.29, 1.82) is 0 Å². The summed E-state index contributed by atoms with van der Waals surface area (Å²) in [4.78, 5) is 33.0. The lowest BCUT2D eigenvalue weighted by Crippen LogP contribution is -2.32. The van der Waals surface area contributed by atoms with Crippen LogP contribution in [0.5, 0.6) is 0 Å². The van der Waals surface area contributed by atoms with Crippen LogP contribution in [0.15, 0.2) is 45.3 Å². The summed E-state index contributed by atoms with van der Waals surface area (Å²) in [5.74, 6) is -1.05. The molecule has 1 amide bonds. The van der Waals surface area contributed by atoms with Gasteiger partial charge in [-0.1, -0.05) is 52.6 Å². The van der Waals surface area contributed by atoms with Gasteiger partial charge >= 0.3 is 5.97 Å². The lowest BCUT2D eigenvalue weighted by atomic mass is 9.97. The number of carboxylic acids is 1. The van der Waals surface area contributed by atoms with Crippen LogP contribution in [0.3, 0.4) is 0 Å². The predicted molar refractivity (Wildman–Crippen MR) is 117 cm³/mol. The first-order chi connectivity index (χ1) is 12.9. The molecule has 0 aliphatic heterocycles. The van der Waals surface area contributed by atoms with E-state index in [-0.39, 0.29) is 11.3 Å². The Hall–Kier alpha value is -1.99. The van der Waals surface area contributed by atoms with Crippen molar-refractivity contribution in [3.8, 4) is 0 Å². The van der Waals surface area contributed by atoms with Gasteiger partial charge in [0, 0.05) is 26.6 Å². The smallest absolute Gasteiger partial charge is 0.335 e. The average Bonchev–Trinajstić information content (AvgIpc) is 2.62. The largest absolute Gasteiger partial charge is 0.478 e. The van der Waals surface area contributed by atoms with Crippen molar-refractivity contribution < 1.29 is 19.5 Å². The molecule has 0 radical (unpaired) electrons. The van der Waals surface area contributed by atoms with Crippen LogP contribution in [0.2, 0.25) is 0 Å². The normalized spacial score (nSPS) is 10.5. The highest BCUT2D eigenvalue weighted by Crippen LogP contribution is 2.18. The number of carboxylic acid groups (broad SMARTS) is 1. The fourth-order valence-corrected chi connectivity index (χ4v) is 2.59. The Morgan fingerprint density at radius 2 is 1.61 bits per heavy atom. The van der Waals surface area contributed by atoms with Gasteiger partial charge < -0.3 is 10.4 Å². The van der Waals surface area contributed by atoms with Gasteiger partial charge in [-0.2, -0.15) is 0 Å². The molecule has 0 unspecified atom stereocenters. The fraction of sp³-hybridized carbons (Fsp3) is 0.286. The summed E-state index contributed by atoms with van der Waals surface area (Å²) >= 11 is 6.53. The van der Waals surface area contributed by atoms with Crippen LogP contribution in [0.1, 0.15) is 57.4 Å². The molecule has 150 valence electrons. The molecule has 0 aromatic heterocycles. The Kier molecular flexibility index (Phi) is 9.04. The molecule has 0 atom stereocenters. The number of rotatable bonds is 4. The van der Waals surface area contributed by atoms with Crippen LogP contribution >= 0.6 is 31.9 Å². The van der Waals surface area contributed by atoms with Gasteiger partial charge in [-0.05, 0) is 54.3 Å². The summed E-state index contributed by atoms with van der Waals surface area (Å²) in [6.45, 7) is 8.60. The van der Waals surface area contributed by atoms with Gasteiger partial charge in [0.2, 0.25) is 0 Å². The highest BCUT2D eigenvalue weighted by Gasteiger charge is 2.13. The molecular formula is C21H23Br2NO4. The predicted octanol–water partition coefficient (Wildman–Crippen LogP) is 5.49. The number of carbonyl (C=O) groups excluding carboxylic acids is 2. The van der Waals surface area contributed by atoms with E-state index in [0.29, 0.717) is 27.7 Å². The molecular weight excluding hydrogens is 490 g/mol. The highest BCUT2D eigenvalue weighted by molar-refractivity contribution is 9.10. The quantitative estimate of drug-likeness (QED) is 0.530. The van der Waals surface area contributed by atoms with Crippen molar-refractivity contribution in [2.75, 3.05) is 6.54 Å². The van der Waals surface area contributed by atoms with Crippen molar-refractivity contribution in [3.05, 3.63) is 67.6 Å². The summed E-state index contributed by atoms with van der Waals surface area (Å²) < 4.78 is 1.63. The maximum atomic E-state index is 11.8. The number of aldehydes is 1. The Bertz CT molecular complexity index is 873. The summed E-state index contributed by atoms with van der Waals surface area (Å²) in [7, 11) is 0. The van der Waals surface area contributed by atoms with Gasteiger partial charge in [0.05, 0.1) is 5.56 Å². The average molecular weight is 513 g/mol. The number of aryl methyl sites for hydroxylation is 1. The molecule has 2 aromatic carbocycles. The molecule has 2 aromatic rings. The molecule has 2 rings (SSSR count). The summed E-state index contributed by atoms with van der Waals surface area (Å²) in [6, 6.07) is 9.91. The third kappa shape index (κ3) is 7.94. The third-order valence-corrected chi connectivity index (χ3v) is 5.18. The fourth-order valence-electron chi connectivity index (χ4n) is 2.00. The highest BCUT2D eigenvalue weighted by atomic mass is 79.9. The maximum absolute atomic E-state index is 11.8. The Morgan fingerprint density at radius 3 is 2.11 bits per heavy atom. The molecule has 0 fully saturated rings. The van der Waals surface area contributed by atoms with Crippen LogP contribution < -0.4 is 5.32 Å². The van der Waals surface area contributed by atoms with Crippen molar-refractivity contribution in [3.63, 3.8) is 0 Å². The van der Waals surface area contributed by atoms with E-state index in [9.17, 15) is 14.4 Å². The zero-order valence-corrected chi connectivity index (χ0v) is 19.3. The van der Waals surface area contributed by atoms with E-state index in [1.165, 1.54) is 0 Å². The van der Waals surface area contributed by atoms with Crippen molar-refractivity contribution in [2.45, 2.75) is 27.7 Å². The van der Waals surface area contributed by atoms with E-state index >= 15 is 0 Å². The van der Waals surface area contributed by atoms with Crippen LogP contribution in [-0.4, -0.2) is 29.8 Å². The summed E-state index contributed by atoms with van der Waals surface area (Å²) in [6.07, 6.45) is 0.727. The SMILES string of the molecule is CC(C)(C)CNC(=O)c1ccc(Br)c(C=O)c1.Cc1cc(C(=O)O)ccc1Br. The van der Waals surface area contributed by atoms with Gasteiger partial charge in [-0.3, -0.25) is 9.59 Å². The molecule has 28 heavy (non-hydrogen) atoms. The second kappa shape index (κ2) is 10.5. The van der Waals surface area contributed by atoms with E-state index in [0.717, 1.165) is 16.3 Å². The molecule has 2 N–H and O–H groups in total. The van der Waals surface area contributed by atoms with Crippen LogP contribution in [0, 0.1) is 12.3 Å². The number of nitrogens with one attached hydrogen (secondary N) is 1.